The highest BCUT2D eigenvalue weighted by molar-refractivity contribution is 5.45. The predicted molar refractivity (Wildman–Crippen MR) is 71.2 cm³/mol. The lowest BCUT2D eigenvalue weighted by Crippen LogP contribution is -2.34. The maximum absolute atomic E-state index is 5.46. The van der Waals surface area contributed by atoms with Gasteiger partial charge in [-0.25, -0.2) is 0 Å². The van der Waals surface area contributed by atoms with Gasteiger partial charge in [-0.3, -0.25) is 0 Å². The average molecular weight is 247 g/mol. The van der Waals surface area contributed by atoms with Gasteiger partial charge in [-0.05, 0) is 56.5 Å². The molecule has 0 bridgehead atoms. The third-order valence-corrected chi connectivity index (χ3v) is 4.36. The summed E-state index contributed by atoms with van der Waals surface area (Å²) in [6.45, 7) is 7.49. The molecule has 0 saturated carbocycles. The molecule has 0 radical (unpaired) electrons. The molecule has 2 aliphatic rings. The Labute approximate surface area is 109 Å². The highest BCUT2D eigenvalue weighted by Crippen LogP contribution is 2.36. The van der Waals surface area contributed by atoms with Crippen LogP contribution in [-0.2, 0) is 0 Å². The third kappa shape index (κ3) is 2.07. The van der Waals surface area contributed by atoms with Gasteiger partial charge in [-0.1, -0.05) is 13.0 Å². The van der Waals surface area contributed by atoms with Crippen LogP contribution >= 0.6 is 0 Å². The second-order valence-corrected chi connectivity index (χ2v) is 5.39. The molecule has 0 aliphatic carbocycles. The van der Waals surface area contributed by atoms with Crippen LogP contribution in [0.4, 0.5) is 0 Å². The molecule has 3 rings (SSSR count). The largest absolute Gasteiger partial charge is 0.454 e. The summed E-state index contributed by atoms with van der Waals surface area (Å²) in [5.74, 6) is 2.30. The van der Waals surface area contributed by atoms with E-state index in [1.165, 1.54) is 31.5 Å². The van der Waals surface area contributed by atoms with Crippen LogP contribution in [0.3, 0.4) is 0 Å². The molecule has 3 heteroatoms. The standard InChI is InChI=1S/C15H21NO2/c1-11(12(2)16-7-3-4-8-16)13-5-6-14-15(9-13)18-10-17-14/h5-6,9,11-12H,3-4,7-8,10H2,1-2H3. The first kappa shape index (κ1) is 11.8. The highest BCUT2D eigenvalue weighted by Gasteiger charge is 2.25. The van der Waals surface area contributed by atoms with Crippen molar-refractivity contribution in [1.82, 2.24) is 4.90 Å². The molecule has 98 valence electrons. The molecular formula is C15H21NO2. The molecule has 0 spiro atoms. The molecule has 1 aromatic rings. The van der Waals surface area contributed by atoms with E-state index in [4.69, 9.17) is 9.47 Å². The molecule has 1 aromatic carbocycles. The van der Waals surface area contributed by atoms with E-state index >= 15 is 0 Å². The van der Waals surface area contributed by atoms with Crippen LogP contribution in [0.1, 0.15) is 38.2 Å². The molecule has 2 atom stereocenters. The van der Waals surface area contributed by atoms with Crippen molar-refractivity contribution < 1.29 is 9.47 Å². The van der Waals surface area contributed by atoms with E-state index in [-0.39, 0.29) is 0 Å². The van der Waals surface area contributed by atoms with Crippen LogP contribution in [0.15, 0.2) is 18.2 Å². The minimum atomic E-state index is 0.356. The number of fused-ring (bicyclic) bond motifs is 1. The Morgan fingerprint density at radius 1 is 1.06 bits per heavy atom. The third-order valence-electron chi connectivity index (χ3n) is 4.36. The van der Waals surface area contributed by atoms with Gasteiger partial charge in [-0.2, -0.15) is 0 Å². The van der Waals surface area contributed by atoms with Crippen molar-refractivity contribution >= 4 is 0 Å². The average Bonchev–Trinajstić information content (AvgIpc) is 3.06. The van der Waals surface area contributed by atoms with Crippen molar-refractivity contribution in [3.8, 4) is 11.5 Å². The molecule has 0 aromatic heterocycles. The number of hydrogen-bond donors (Lipinski definition) is 0. The van der Waals surface area contributed by atoms with Gasteiger partial charge in [0.2, 0.25) is 6.79 Å². The summed E-state index contributed by atoms with van der Waals surface area (Å²) in [5, 5.41) is 0. The Balaban J connectivity index is 1.77. The lowest BCUT2D eigenvalue weighted by atomic mass is 9.93. The van der Waals surface area contributed by atoms with Gasteiger partial charge in [0.15, 0.2) is 11.5 Å². The Hall–Kier alpha value is -1.22. The molecule has 18 heavy (non-hydrogen) atoms. The molecule has 1 saturated heterocycles. The zero-order valence-corrected chi connectivity index (χ0v) is 11.2. The second-order valence-electron chi connectivity index (χ2n) is 5.39. The van der Waals surface area contributed by atoms with E-state index in [9.17, 15) is 0 Å². The van der Waals surface area contributed by atoms with E-state index in [0.717, 1.165) is 11.5 Å². The van der Waals surface area contributed by atoms with Gasteiger partial charge in [0, 0.05) is 6.04 Å². The lowest BCUT2D eigenvalue weighted by Gasteiger charge is -2.29. The quantitative estimate of drug-likeness (QED) is 0.819. The fraction of sp³-hybridized carbons (Fsp3) is 0.600. The Morgan fingerprint density at radius 2 is 1.78 bits per heavy atom. The molecule has 0 amide bonds. The van der Waals surface area contributed by atoms with Crippen molar-refractivity contribution in [2.45, 2.75) is 38.6 Å². The number of benzene rings is 1. The van der Waals surface area contributed by atoms with Crippen LogP contribution in [0.5, 0.6) is 11.5 Å². The molecule has 2 heterocycles. The fourth-order valence-electron chi connectivity index (χ4n) is 2.94. The Kier molecular flexibility index (Phi) is 3.16. The van der Waals surface area contributed by atoms with Crippen LogP contribution in [0.2, 0.25) is 0 Å². The van der Waals surface area contributed by atoms with Gasteiger partial charge in [-0.15, -0.1) is 0 Å². The van der Waals surface area contributed by atoms with E-state index in [1.807, 2.05) is 6.07 Å². The predicted octanol–water partition coefficient (Wildman–Crippen LogP) is 3.00. The van der Waals surface area contributed by atoms with Gasteiger partial charge < -0.3 is 14.4 Å². The van der Waals surface area contributed by atoms with E-state index in [1.54, 1.807) is 0 Å². The first-order valence-corrected chi connectivity index (χ1v) is 6.89. The number of likely N-dealkylation sites (tertiary alicyclic amines) is 1. The summed E-state index contributed by atoms with van der Waals surface area (Å²) >= 11 is 0. The smallest absolute Gasteiger partial charge is 0.231 e. The number of ether oxygens (including phenoxy) is 2. The van der Waals surface area contributed by atoms with Crippen molar-refractivity contribution in [3.63, 3.8) is 0 Å². The van der Waals surface area contributed by atoms with Gasteiger partial charge in [0.1, 0.15) is 0 Å². The van der Waals surface area contributed by atoms with Crippen LogP contribution in [0.25, 0.3) is 0 Å². The molecule has 2 aliphatic heterocycles. The van der Waals surface area contributed by atoms with Crippen molar-refractivity contribution in [2.24, 2.45) is 0 Å². The summed E-state index contributed by atoms with van der Waals surface area (Å²) in [6.07, 6.45) is 2.69. The minimum Gasteiger partial charge on any atom is -0.454 e. The summed E-state index contributed by atoms with van der Waals surface area (Å²) in [5.41, 5.74) is 1.35. The first-order valence-electron chi connectivity index (χ1n) is 6.89. The van der Waals surface area contributed by atoms with Gasteiger partial charge in [0.05, 0.1) is 0 Å². The maximum Gasteiger partial charge on any atom is 0.231 e. The van der Waals surface area contributed by atoms with Crippen LogP contribution in [-0.4, -0.2) is 30.8 Å². The number of nitrogens with zero attached hydrogens (tertiary/aromatic N) is 1. The molecule has 2 unspecified atom stereocenters. The van der Waals surface area contributed by atoms with Gasteiger partial charge >= 0.3 is 0 Å². The topological polar surface area (TPSA) is 21.7 Å². The van der Waals surface area contributed by atoms with Crippen molar-refractivity contribution in [3.05, 3.63) is 23.8 Å². The summed E-state index contributed by atoms with van der Waals surface area (Å²) in [7, 11) is 0. The normalized spacial score (nSPS) is 22.1. The lowest BCUT2D eigenvalue weighted by molar-refractivity contribution is 0.174. The molecular weight excluding hydrogens is 226 g/mol. The van der Waals surface area contributed by atoms with Crippen LogP contribution < -0.4 is 9.47 Å². The van der Waals surface area contributed by atoms with E-state index in [2.05, 4.69) is 30.9 Å². The monoisotopic (exact) mass is 247 g/mol. The van der Waals surface area contributed by atoms with Crippen molar-refractivity contribution in [1.29, 1.82) is 0 Å². The SMILES string of the molecule is CC(c1ccc2c(c1)OCO2)C(C)N1CCCC1. The van der Waals surface area contributed by atoms with Crippen LogP contribution in [0, 0.1) is 0 Å². The minimum absolute atomic E-state index is 0.356. The zero-order valence-electron chi connectivity index (χ0n) is 11.2. The summed E-state index contributed by atoms with van der Waals surface area (Å²) in [6, 6.07) is 6.93. The molecule has 3 nitrogen and oxygen atoms in total. The summed E-state index contributed by atoms with van der Waals surface area (Å²) in [4.78, 5) is 2.59. The van der Waals surface area contributed by atoms with E-state index in [0.29, 0.717) is 18.8 Å². The Morgan fingerprint density at radius 3 is 2.56 bits per heavy atom. The Bertz CT molecular complexity index is 427. The highest BCUT2D eigenvalue weighted by atomic mass is 16.7. The van der Waals surface area contributed by atoms with Gasteiger partial charge in [0.25, 0.3) is 0 Å². The van der Waals surface area contributed by atoms with Crippen molar-refractivity contribution in [2.75, 3.05) is 19.9 Å². The van der Waals surface area contributed by atoms with E-state index < -0.39 is 0 Å². The first-order chi connectivity index (χ1) is 8.75. The fourth-order valence-corrected chi connectivity index (χ4v) is 2.94. The zero-order chi connectivity index (χ0) is 12.5. The number of hydrogen-bond acceptors (Lipinski definition) is 3. The molecule has 1 fully saturated rings. The summed E-state index contributed by atoms with van der Waals surface area (Å²) < 4.78 is 10.8. The maximum atomic E-state index is 5.46. The molecule has 0 N–H and O–H groups in total. The number of rotatable bonds is 3. The second kappa shape index (κ2) is 4.81.